The minimum Gasteiger partial charge on any atom is -0.495 e. The minimum absolute atomic E-state index is 0.114. The number of hydrogen-bond acceptors (Lipinski definition) is 6. The van der Waals surface area contributed by atoms with Crippen LogP contribution in [0.3, 0.4) is 0 Å². The smallest absolute Gasteiger partial charge is 0.234 e. The summed E-state index contributed by atoms with van der Waals surface area (Å²) in [4.78, 5) is 28.4. The maximum absolute atomic E-state index is 13.5. The lowest BCUT2D eigenvalue weighted by atomic mass is 9.77. The number of methoxy groups -OCH3 is 3. The van der Waals surface area contributed by atoms with E-state index in [1.54, 1.807) is 26.2 Å². The molecule has 3 heterocycles. The predicted octanol–water partition coefficient (Wildman–Crippen LogP) is 2.36. The first-order valence-electron chi connectivity index (χ1n) is 11.3. The van der Waals surface area contributed by atoms with E-state index < -0.39 is 23.5 Å². The number of carbonyl (C=O) groups excluding carboxylic acids is 2. The Hall–Kier alpha value is -3.52. The molecule has 2 saturated heterocycles. The van der Waals surface area contributed by atoms with Crippen LogP contribution in [-0.4, -0.2) is 57.9 Å². The van der Waals surface area contributed by atoms with Crippen molar-refractivity contribution >= 4 is 17.5 Å². The first kappa shape index (κ1) is 22.3. The van der Waals surface area contributed by atoms with Crippen LogP contribution >= 0.6 is 0 Å². The number of amides is 2. The van der Waals surface area contributed by atoms with Crippen LogP contribution in [0.2, 0.25) is 0 Å². The third-order valence-electron chi connectivity index (χ3n) is 6.94. The summed E-state index contributed by atoms with van der Waals surface area (Å²) in [6.45, 7) is 0.796. The summed E-state index contributed by atoms with van der Waals surface area (Å²) in [5.41, 5.74) is 0.915. The normalized spacial score (nSPS) is 26.5. The Morgan fingerprint density at radius 3 is 2.62 bits per heavy atom. The highest BCUT2D eigenvalue weighted by Gasteiger charge is 2.67. The number of benzene rings is 2. The average Bonchev–Trinajstić information content (AvgIpc) is 3.51. The monoisotopic (exact) mass is 464 g/mol. The van der Waals surface area contributed by atoms with Gasteiger partial charge in [0, 0.05) is 6.54 Å². The second-order valence-electron chi connectivity index (χ2n) is 8.73. The molecule has 0 aromatic heterocycles. The van der Waals surface area contributed by atoms with Gasteiger partial charge in [-0.25, -0.2) is 0 Å². The molecule has 8 heteroatoms. The molecule has 1 spiro atoms. The lowest BCUT2D eigenvalue weighted by molar-refractivity contribution is -0.131. The van der Waals surface area contributed by atoms with Gasteiger partial charge in [-0.15, -0.1) is 0 Å². The fourth-order valence-electron chi connectivity index (χ4n) is 5.34. The van der Waals surface area contributed by atoms with Gasteiger partial charge >= 0.3 is 0 Å². The lowest BCUT2D eigenvalue weighted by Gasteiger charge is -2.23. The van der Waals surface area contributed by atoms with E-state index in [2.05, 4.69) is 5.32 Å². The van der Waals surface area contributed by atoms with Crippen molar-refractivity contribution < 1.29 is 28.5 Å². The summed E-state index contributed by atoms with van der Waals surface area (Å²) in [5, 5.41) is 3.01. The Balaban J connectivity index is 1.29. The minimum atomic E-state index is -0.784. The van der Waals surface area contributed by atoms with E-state index in [0.717, 1.165) is 5.56 Å². The van der Waals surface area contributed by atoms with Gasteiger partial charge in [-0.1, -0.05) is 30.4 Å². The summed E-state index contributed by atoms with van der Waals surface area (Å²) in [6.07, 6.45) is 4.09. The molecule has 34 heavy (non-hydrogen) atoms. The van der Waals surface area contributed by atoms with Crippen molar-refractivity contribution in [1.29, 1.82) is 0 Å². The number of fused-ring (bicyclic) bond motifs is 1. The molecule has 3 aliphatic rings. The number of ether oxygens (including phenoxy) is 4. The number of para-hydroxylation sites is 2. The van der Waals surface area contributed by atoms with Crippen LogP contribution in [0.25, 0.3) is 0 Å². The van der Waals surface area contributed by atoms with Crippen molar-refractivity contribution in [2.45, 2.75) is 18.1 Å². The first-order valence-corrected chi connectivity index (χ1v) is 11.3. The summed E-state index contributed by atoms with van der Waals surface area (Å²) in [7, 11) is 4.76. The molecule has 0 aliphatic carbocycles. The van der Waals surface area contributed by atoms with Gasteiger partial charge in [0.05, 0.1) is 51.5 Å². The Morgan fingerprint density at radius 2 is 1.85 bits per heavy atom. The van der Waals surface area contributed by atoms with Gasteiger partial charge < -0.3 is 29.2 Å². The molecule has 2 amide bonds. The number of nitrogens with zero attached hydrogens (tertiary/aromatic N) is 1. The molecule has 2 fully saturated rings. The van der Waals surface area contributed by atoms with E-state index in [1.165, 1.54) is 0 Å². The summed E-state index contributed by atoms with van der Waals surface area (Å²) in [5.74, 6) is 0.504. The Bertz CT molecular complexity index is 1150. The number of anilines is 1. The molecule has 2 aromatic carbocycles. The van der Waals surface area contributed by atoms with Gasteiger partial charge in [-0.3, -0.25) is 9.59 Å². The van der Waals surface area contributed by atoms with Gasteiger partial charge in [0.1, 0.15) is 11.4 Å². The maximum Gasteiger partial charge on any atom is 0.234 e. The fraction of sp³-hybridized carbons (Fsp3) is 0.385. The van der Waals surface area contributed by atoms with Crippen LogP contribution in [-0.2, 0) is 20.7 Å². The Labute approximate surface area is 198 Å². The van der Waals surface area contributed by atoms with Gasteiger partial charge in [-0.05, 0) is 36.2 Å². The highest BCUT2D eigenvalue weighted by atomic mass is 16.5. The first-order chi connectivity index (χ1) is 16.5. The average molecular weight is 465 g/mol. The standard InChI is InChI=1S/C26H28N2O6/c1-31-18-7-5-4-6-17(18)28-15-26-12-10-20(34-26)22(23(26)25(28)30)24(29)27-13-11-16-8-9-19(32-2)21(14-16)33-3/h4-10,12,14,20,22-23H,11,13,15H2,1-3H3,(H,27,29)/t20-,22-,23-,26-/m1/s1. The Kier molecular flexibility index (Phi) is 5.69. The third-order valence-corrected chi connectivity index (χ3v) is 6.94. The van der Waals surface area contributed by atoms with Crippen LogP contribution < -0.4 is 24.4 Å². The van der Waals surface area contributed by atoms with Crippen LogP contribution in [0.4, 0.5) is 5.69 Å². The number of carbonyl (C=O) groups is 2. The lowest BCUT2D eigenvalue weighted by Crippen LogP contribution is -2.44. The van der Waals surface area contributed by atoms with E-state index >= 15 is 0 Å². The molecule has 0 saturated carbocycles. The SMILES string of the molecule is COc1ccc(CCNC(=O)[C@@H]2[C@H]3C=C[C@]4(CN(c5ccccc5OC)C(=O)[C@@H]24)O3)cc1OC. The quantitative estimate of drug-likeness (QED) is 0.604. The molecule has 1 N–H and O–H groups in total. The summed E-state index contributed by atoms with van der Waals surface area (Å²) >= 11 is 0. The van der Waals surface area contributed by atoms with E-state index in [0.29, 0.717) is 42.4 Å². The van der Waals surface area contributed by atoms with Crippen molar-refractivity contribution in [2.75, 3.05) is 39.3 Å². The zero-order valence-electron chi connectivity index (χ0n) is 19.4. The van der Waals surface area contributed by atoms with E-state index in [-0.39, 0.29) is 11.8 Å². The van der Waals surface area contributed by atoms with Crippen molar-refractivity contribution in [3.8, 4) is 17.2 Å². The third kappa shape index (κ3) is 3.49. The maximum atomic E-state index is 13.5. The molecular formula is C26H28N2O6. The zero-order valence-corrected chi connectivity index (χ0v) is 19.4. The van der Waals surface area contributed by atoms with Crippen molar-refractivity contribution in [1.82, 2.24) is 5.32 Å². The predicted molar refractivity (Wildman–Crippen MR) is 125 cm³/mol. The molecule has 3 aliphatic heterocycles. The van der Waals surface area contributed by atoms with E-state index in [4.69, 9.17) is 18.9 Å². The summed E-state index contributed by atoms with van der Waals surface area (Å²) in [6, 6.07) is 13.1. The van der Waals surface area contributed by atoms with Gasteiger partial charge in [-0.2, -0.15) is 0 Å². The Morgan fingerprint density at radius 1 is 1.09 bits per heavy atom. The number of rotatable bonds is 8. The van der Waals surface area contributed by atoms with Crippen LogP contribution in [0.5, 0.6) is 17.2 Å². The van der Waals surface area contributed by atoms with E-state index in [1.807, 2.05) is 54.6 Å². The second kappa shape index (κ2) is 8.68. The second-order valence-corrected chi connectivity index (χ2v) is 8.73. The van der Waals surface area contributed by atoms with Crippen molar-refractivity contribution in [3.63, 3.8) is 0 Å². The van der Waals surface area contributed by atoms with Crippen LogP contribution in [0, 0.1) is 11.8 Å². The van der Waals surface area contributed by atoms with Gasteiger partial charge in [0.25, 0.3) is 0 Å². The molecule has 178 valence electrons. The molecule has 5 rings (SSSR count). The van der Waals surface area contributed by atoms with Crippen LogP contribution in [0.15, 0.2) is 54.6 Å². The highest BCUT2D eigenvalue weighted by Crippen LogP contribution is 2.53. The van der Waals surface area contributed by atoms with Gasteiger partial charge in [0.2, 0.25) is 11.8 Å². The largest absolute Gasteiger partial charge is 0.495 e. The van der Waals surface area contributed by atoms with Crippen molar-refractivity contribution in [2.24, 2.45) is 11.8 Å². The highest BCUT2D eigenvalue weighted by molar-refractivity contribution is 6.04. The summed E-state index contributed by atoms with van der Waals surface area (Å²) < 4.78 is 22.3. The molecule has 2 aromatic rings. The number of nitrogens with one attached hydrogen (secondary N) is 1. The molecule has 0 unspecified atom stereocenters. The molecule has 4 atom stereocenters. The zero-order chi connectivity index (χ0) is 23.9. The van der Waals surface area contributed by atoms with Crippen molar-refractivity contribution in [3.05, 3.63) is 60.2 Å². The number of hydrogen-bond donors (Lipinski definition) is 1. The topological polar surface area (TPSA) is 86.3 Å². The molecule has 2 bridgehead atoms. The van der Waals surface area contributed by atoms with E-state index in [9.17, 15) is 9.59 Å². The van der Waals surface area contributed by atoms with Gasteiger partial charge in [0.15, 0.2) is 11.5 Å². The fourth-order valence-corrected chi connectivity index (χ4v) is 5.34. The molecular weight excluding hydrogens is 436 g/mol. The van der Waals surface area contributed by atoms with Crippen LogP contribution in [0.1, 0.15) is 5.56 Å². The molecule has 0 radical (unpaired) electrons. The molecule has 8 nitrogen and oxygen atoms in total.